The Balaban J connectivity index is 2.60. The lowest BCUT2D eigenvalue weighted by Gasteiger charge is -2.09. The van der Waals surface area contributed by atoms with Crippen LogP contribution in [0.2, 0.25) is 0 Å². The molecule has 1 heterocycles. The normalized spacial score (nSPS) is 12.2. The van der Waals surface area contributed by atoms with E-state index in [9.17, 15) is 9.18 Å². The van der Waals surface area contributed by atoms with Gasteiger partial charge in [0.2, 0.25) is 11.9 Å². The summed E-state index contributed by atoms with van der Waals surface area (Å²) >= 11 is 0. The Bertz CT molecular complexity index is 312. The van der Waals surface area contributed by atoms with Crippen LogP contribution in [0, 0.1) is 5.95 Å². The van der Waals surface area contributed by atoms with Crippen LogP contribution in [0.15, 0.2) is 18.3 Å². The van der Waals surface area contributed by atoms with Gasteiger partial charge in [0.25, 0.3) is 0 Å². The third-order valence-corrected chi connectivity index (χ3v) is 1.77. The van der Waals surface area contributed by atoms with Gasteiger partial charge >= 0.3 is 0 Å². The average molecular weight is 197 g/mol. The fourth-order valence-corrected chi connectivity index (χ4v) is 0.870. The smallest absolute Gasteiger partial charge is 0.241 e. The largest absolute Gasteiger partial charge is 0.323 e. The summed E-state index contributed by atoms with van der Waals surface area (Å²) < 4.78 is 12.4. The summed E-state index contributed by atoms with van der Waals surface area (Å²) in [6, 6.07) is 2.07. The van der Waals surface area contributed by atoms with Crippen molar-refractivity contribution in [3.05, 3.63) is 24.3 Å². The molecule has 0 aliphatic heterocycles. The summed E-state index contributed by atoms with van der Waals surface area (Å²) in [6.07, 6.45) is 1.80. The number of rotatable bonds is 3. The molecule has 5 heteroatoms. The van der Waals surface area contributed by atoms with Crippen LogP contribution < -0.4 is 11.1 Å². The van der Waals surface area contributed by atoms with Crippen molar-refractivity contribution >= 4 is 11.6 Å². The zero-order chi connectivity index (χ0) is 10.6. The van der Waals surface area contributed by atoms with Crippen LogP contribution in [0.1, 0.15) is 13.3 Å². The van der Waals surface area contributed by atoms with Crippen molar-refractivity contribution in [3.8, 4) is 0 Å². The number of carbonyl (C=O) groups is 1. The molecule has 1 aromatic rings. The van der Waals surface area contributed by atoms with Crippen LogP contribution in [-0.2, 0) is 4.79 Å². The fourth-order valence-electron chi connectivity index (χ4n) is 0.870. The Hall–Kier alpha value is -1.49. The molecule has 0 saturated carbocycles. The second-order valence-electron chi connectivity index (χ2n) is 2.87. The number of aromatic nitrogens is 1. The molecule has 0 radical (unpaired) electrons. The van der Waals surface area contributed by atoms with E-state index in [2.05, 4.69) is 10.3 Å². The van der Waals surface area contributed by atoms with Gasteiger partial charge in [-0.1, -0.05) is 6.92 Å². The van der Waals surface area contributed by atoms with Gasteiger partial charge in [-0.2, -0.15) is 4.39 Å². The van der Waals surface area contributed by atoms with E-state index in [1.807, 2.05) is 6.92 Å². The molecular weight excluding hydrogens is 185 g/mol. The summed E-state index contributed by atoms with van der Waals surface area (Å²) in [5, 5.41) is 2.53. The molecule has 0 spiro atoms. The molecule has 1 rings (SSSR count). The van der Waals surface area contributed by atoms with Crippen LogP contribution in [0.4, 0.5) is 10.1 Å². The predicted octanol–water partition coefficient (Wildman–Crippen LogP) is 0.896. The average Bonchev–Trinajstić information content (AvgIpc) is 2.20. The topological polar surface area (TPSA) is 68.0 Å². The highest BCUT2D eigenvalue weighted by molar-refractivity contribution is 5.94. The van der Waals surface area contributed by atoms with Crippen LogP contribution in [0.25, 0.3) is 0 Å². The van der Waals surface area contributed by atoms with Crippen LogP contribution >= 0.6 is 0 Å². The first-order chi connectivity index (χ1) is 6.63. The van der Waals surface area contributed by atoms with Gasteiger partial charge in [0.1, 0.15) is 0 Å². The maximum atomic E-state index is 12.4. The molecule has 1 aromatic heterocycles. The Kier molecular flexibility index (Phi) is 3.53. The van der Waals surface area contributed by atoms with E-state index in [1.54, 1.807) is 0 Å². The summed E-state index contributed by atoms with van der Waals surface area (Å²) in [7, 11) is 0. The van der Waals surface area contributed by atoms with Gasteiger partial charge in [0.15, 0.2) is 0 Å². The summed E-state index contributed by atoms with van der Waals surface area (Å²) in [5.74, 6) is -0.872. The molecule has 1 amide bonds. The molecule has 0 unspecified atom stereocenters. The second-order valence-corrected chi connectivity index (χ2v) is 2.87. The number of halogens is 1. The summed E-state index contributed by atoms with van der Waals surface area (Å²) in [4.78, 5) is 14.7. The molecule has 76 valence electrons. The SMILES string of the molecule is CC[C@H](N)C(=O)Nc1ccc(F)nc1. The lowest BCUT2D eigenvalue weighted by Crippen LogP contribution is -2.34. The third kappa shape index (κ3) is 2.77. The quantitative estimate of drug-likeness (QED) is 0.707. The minimum Gasteiger partial charge on any atom is -0.323 e. The zero-order valence-electron chi connectivity index (χ0n) is 7.83. The molecular formula is C9H12FN3O. The van der Waals surface area contributed by atoms with Crippen molar-refractivity contribution in [1.29, 1.82) is 0 Å². The van der Waals surface area contributed by atoms with E-state index >= 15 is 0 Å². The van der Waals surface area contributed by atoms with Crippen LogP contribution in [0.3, 0.4) is 0 Å². The van der Waals surface area contributed by atoms with E-state index in [1.165, 1.54) is 18.3 Å². The Morgan fingerprint density at radius 2 is 2.43 bits per heavy atom. The van der Waals surface area contributed by atoms with Crippen LogP contribution in [0.5, 0.6) is 0 Å². The highest BCUT2D eigenvalue weighted by Gasteiger charge is 2.10. The number of nitrogens with two attached hydrogens (primary N) is 1. The number of hydrogen-bond acceptors (Lipinski definition) is 3. The molecule has 0 saturated heterocycles. The number of nitrogens with zero attached hydrogens (tertiary/aromatic N) is 1. The Labute approximate surface area is 81.3 Å². The summed E-state index contributed by atoms with van der Waals surface area (Å²) in [6.45, 7) is 1.81. The molecule has 0 aromatic carbocycles. The van der Waals surface area contributed by atoms with E-state index in [0.29, 0.717) is 12.1 Å². The molecule has 1 atom stereocenters. The maximum Gasteiger partial charge on any atom is 0.241 e. The van der Waals surface area contributed by atoms with Gasteiger partial charge in [0, 0.05) is 0 Å². The van der Waals surface area contributed by atoms with Gasteiger partial charge in [0.05, 0.1) is 17.9 Å². The van der Waals surface area contributed by atoms with E-state index in [0.717, 1.165) is 0 Å². The molecule has 0 bridgehead atoms. The first kappa shape index (κ1) is 10.6. The van der Waals surface area contributed by atoms with E-state index < -0.39 is 12.0 Å². The second kappa shape index (κ2) is 4.66. The first-order valence-electron chi connectivity index (χ1n) is 4.31. The highest BCUT2D eigenvalue weighted by atomic mass is 19.1. The van der Waals surface area contributed by atoms with E-state index in [4.69, 9.17) is 5.73 Å². The van der Waals surface area contributed by atoms with Gasteiger partial charge < -0.3 is 11.1 Å². The Morgan fingerprint density at radius 1 is 1.71 bits per heavy atom. The number of pyridine rings is 1. The van der Waals surface area contributed by atoms with Gasteiger partial charge in [-0.25, -0.2) is 4.98 Å². The molecule has 0 aliphatic rings. The molecule has 0 fully saturated rings. The molecule has 14 heavy (non-hydrogen) atoms. The number of hydrogen-bond donors (Lipinski definition) is 2. The van der Waals surface area contributed by atoms with Crippen molar-refractivity contribution in [3.63, 3.8) is 0 Å². The molecule has 4 nitrogen and oxygen atoms in total. The maximum absolute atomic E-state index is 12.4. The Morgan fingerprint density at radius 3 is 2.93 bits per heavy atom. The van der Waals surface area contributed by atoms with Crippen molar-refractivity contribution in [2.24, 2.45) is 5.73 Å². The van der Waals surface area contributed by atoms with Crippen LogP contribution in [-0.4, -0.2) is 16.9 Å². The first-order valence-corrected chi connectivity index (χ1v) is 4.31. The highest BCUT2D eigenvalue weighted by Crippen LogP contribution is 2.05. The fraction of sp³-hybridized carbons (Fsp3) is 0.333. The molecule has 0 aliphatic carbocycles. The van der Waals surface area contributed by atoms with Crippen molar-refractivity contribution in [1.82, 2.24) is 4.98 Å². The van der Waals surface area contributed by atoms with Gasteiger partial charge in [-0.15, -0.1) is 0 Å². The standard InChI is InChI=1S/C9H12FN3O/c1-2-7(11)9(14)13-6-3-4-8(10)12-5-6/h3-5,7H,2,11H2,1H3,(H,13,14)/t7-/m0/s1. The third-order valence-electron chi connectivity index (χ3n) is 1.77. The predicted molar refractivity (Wildman–Crippen MR) is 51.1 cm³/mol. The monoisotopic (exact) mass is 197 g/mol. The number of amides is 1. The lowest BCUT2D eigenvalue weighted by atomic mass is 10.2. The molecule has 3 N–H and O–H groups in total. The minimum absolute atomic E-state index is 0.291. The van der Waals surface area contributed by atoms with Crippen molar-refractivity contribution in [2.75, 3.05) is 5.32 Å². The van der Waals surface area contributed by atoms with Gasteiger partial charge in [-0.05, 0) is 18.6 Å². The number of nitrogens with one attached hydrogen (secondary N) is 1. The minimum atomic E-state index is -0.581. The summed E-state index contributed by atoms with van der Waals surface area (Å²) in [5.41, 5.74) is 5.93. The lowest BCUT2D eigenvalue weighted by molar-refractivity contribution is -0.117. The van der Waals surface area contributed by atoms with Crippen molar-refractivity contribution in [2.45, 2.75) is 19.4 Å². The van der Waals surface area contributed by atoms with Gasteiger partial charge in [-0.3, -0.25) is 4.79 Å². The van der Waals surface area contributed by atoms with Crippen molar-refractivity contribution < 1.29 is 9.18 Å². The number of anilines is 1. The zero-order valence-corrected chi connectivity index (χ0v) is 7.83. The number of carbonyl (C=O) groups excluding carboxylic acids is 1. The van der Waals surface area contributed by atoms with E-state index in [-0.39, 0.29) is 5.91 Å².